The Morgan fingerprint density at radius 2 is 2.21 bits per heavy atom. The summed E-state index contributed by atoms with van der Waals surface area (Å²) >= 11 is 3.46. The maximum atomic E-state index is 4.04. The zero-order chi connectivity index (χ0) is 13.8. The second-order valence-corrected chi connectivity index (χ2v) is 5.51. The molecule has 0 aliphatic heterocycles. The Bertz CT molecular complexity index is 531. The number of nitrogens with one attached hydrogen (secondary N) is 1. The molecule has 19 heavy (non-hydrogen) atoms. The molecule has 2 rings (SSSR count). The summed E-state index contributed by atoms with van der Waals surface area (Å²) in [5.41, 5.74) is 3.77. The molecule has 0 fully saturated rings. The molecule has 1 aromatic heterocycles. The van der Waals surface area contributed by atoms with Crippen LogP contribution in [0.3, 0.4) is 0 Å². The first-order chi connectivity index (χ1) is 9.11. The molecule has 102 valence electrons. The Balaban J connectivity index is 2.08. The Morgan fingerprint density at radius 3 is 2.79 bits per heavy atom. The lowest BCUT2D eigenvalue weighted by Gasteiger charge is -2.16. The van der Waals surface area contributed by atoms with Gasteiger partial charge in [0.25, 0.3) is 0 Å². The average Bonchev–Trinajstić information content (AvgIpc) is 2.71. The van der Waals surface area contributed by atoms with E-state index in [-0.39, 0.29) is 6.04 Å². The molecule has 0 amide bonds. The number of aryl methyl sites for hydroxylation is 3. The molecule has 1 aromatic carbocycles. The van der Waals surface area contributed by atoms with Crippen LogP contribution >= 0.6 is 15.9 Å². The van der Waals surface area contributed by atoms with Crippen molar-refractivity contribution in [2.75, 3.05) is 7.05 Å². The van der Waals surface area contributed by atoms with Crippen LogP contribution in [0.1, 0.15) is 29.3 Å². The summed E-state index contributed by atoms with van der Waals surface area (Å²) in [6, 6.07) is 8.90. The maximum absolute atomic E-state index is 4.04. The van der Waals surface area contributed by atoms with E-state index < -0.39 is 0 Å². The van der Waals surface area contributed by atoms with E-state index in [2.05, 4.69) is 62.7 Å². The molecule has 4 nitrogen and oxygen atoms in total. The minimum Gasteiger partial charge on any atom is -0.312 e. The first kappa shape index (κ1) is 14.2. The van der Waals surface area contributed by atoms with E-state index in [1.165, 1.54) is 11.1 Å². The third-order valence-corrected chi connectivity index (χ3v) is 3.87. The number of aromatic nitrogens is 3. The highest BCUT2D eigenvalue weighted by molar-refractivity contribution is 9.10. The smallest absolute Gasteiger partial charge is 0.153 e. The lowest BCUT2D eigenvalue weighted by atomic mass is 10.0. The maximum Gasteiger partial charge on any atom is 0.153 e. The van der Waals surface area contributed by atoms with Crippen molar-refractivity contribution in [2.45, 2.75) is 25.8 Å². The van der Waals surface area contributed by atoms with Crippen LogP contribution in [0.4, 0.5) is 0 Å². The lowest BCUT2D eigenvalue weighted by molar-refractivity contribution is 0.503. The van der Waals surface area contributed by atoms with Gasteiger partial charge in [0.1, 0.15) is 0 Å². The number of benzene rings is 1. The molecule has 0 radical (unpaired) electrons. The van der Waals surface area contributed by atoms with Crippen molar-refractivity contribution >= 4 is 15.9 Å². The highest BCUT2D eigenvalue weighted by Gasteiger charge is 2.18. The van der Waals surface area contributed by atoms with Crippen molar-refractivity contribution in [3.63, 3.8) is 0 Å². The van der Waals surface area contributed by atoms with Gasteiger partial charge >= 0.3 is 0 Å². The van der Waals surface area contributed by atoms with Crippen molar-refractivity contribution in [2.24, 2.45) is 7.05 Å². The van der Waals surface area contributed by atoms with Crippen LogP contribution in [0.15, 0.2) is 28.9 Å². The molecule has 1 atom stereocenters. The third kappa shape index (κ3) is 3.42. The summed E-state index contributed by atoms with van der Waals surface area (Å²) < 4.78 is 2.64. The van der Waals surface area contributed by atoms with Crippen molar-refractivity contribution in [1.82, 2.24) is 20.3 Å². The topological polar surface area (TPSA) is 42.7 Å². The van der Waals surface area contributed by atoms with Crippen LogP contribution in [-0.2, 0) is 13.5 Å². The minimum absolute atomic E-state index is 0.245. The van der Waals surface area contributed by atoms with E-state index in [1.807, 2.05) is 18.8 Å². The van der Waals surface area contributed by atoms with Gasteiger partial charge in [-0.2, -0.15) is 0 Å². The molecule has 5 heteroatoms. The molecule has 1 N–H and O–H groups in total. The number of rotatable bonds is 5. The first-order valence-corrected chi connectivity index (χ1v) is 7.19. The van der Waals surface area contributed by atoms with Gasteiger partial charge in [0, 0.05) is 7.05 Å². The second kappa shape index (κ2) is 6.30. The standard InChI is InChI=1S/C14H19BrN4/c1-10-5-4-6-11(9-10)7-8-12(16-2)13-14(15)17-18-19(13)3/h4-6,9,12,16H,7-8H2,1-3H3. The van der Waals surface area contributed by atoms with Gasteiger partial charge in [-0.3, -0.25) is 0 Å². The van der Waals surface area contributed by atoms with Crippen LogP contribution in [0, 0.1) is 6.92 Å². The molecule has 1 heterocycles. The van der Waals surface area contributed by atoms with Gasteiger partial charge in [0.15, 0.2) is 4.60 Å². The predicted molar refractivity (Wildman–Crippen MR) is 80.0 cm³/mol. The summed E-state index contributed by atoms with van der Waals surface area (Å²) in [6.45, 7) is 2.13. The average molecular weight is 323 g/mol. The van der Waals surface area contributed by atoms with E-state index in [1.54, 1.807) is 0 Å². The summed E-state index contributed by atoms with van der Waals surface area (Å²) in [4.78, 5) is 0. The largest absolute Gasteiger partial charge is 0.312 e. The molecule has 2 aromatic rings. The second-order valence-electron chi connectivity index (χ2n) is 4.76. The summed E-state index contributed by atoms with van der Waals surface area (Å²) in [5, 5.41) is 11.4. The summed E-state index contributed by atoms with van der Waals surface area (Å²) in [6.07, 6.45) is 2.05. The first-order valence-electron chi connectivity index (χ1n) is 6.39. The zero-order valence-corrected chi connectivity index (χ0v) is 13.1. The fourth-order valence-electron chi connectivity index (χ4n) is 2.31. The fraction of sp³-hybridized carbons (Fsp3) is 0.429. The number of hydrogen-bond acceptors (Lipinski definition) is 3. The number of halogens is 1. The van der Waals surface area contributed by atoms with Crippen LogP contribution in [0.2, 0.25) is 0 Å². The number of hydrogen-bond donors (Lipinski definition) is 1. The van der Waals surface area contributed by atoms with Gasteiger partial charge in [0.2, 0.25) is 0 Å². The van der Waals surface area contributed by atoms with Gasteiger partial charge in [0.05, 0.1) is 11.7 Å². The normalized spacial score (nSPS) is 12.6. The van der Waals surface area contributed by atoms with Crippen molar-refractivity contribution < 1.29 is 0 Å². The molecule has 1 unspecified atom stereocenters. The van der Waals surface area contributed by atoms with Gasteiger partial charge in [-0.25, -0.2) is 4.68 Å². The molecular formula is C14H19BrN4. The minimum atomic E-state index is 0.245. The van der Waals surface area contributed by atoms with Gasteiger partial charge in [-0.15, -0.1) is 5.10 Å². The predicted octanol–water partition coefficient (Wildman–Crippen LogP) is 2.78. The quantitative estimate of drug-likeness (QED) is 0.920. The van der Waals surface area contributed by atoms with Crippen LogP contribution < -0.4 is 5.32 Å². The molecule has 0 bridgehead atoms. The molecular weight excluding hydrogens is 304 g/mol. The zero-order valence-electron chi connectivity index (χ0n) is 11.5. The SMILES string of the molecule is CNC(CCc1cccc(C)c1)c1c(Br)nnn1C. The van der Waals surface area contributed by atoms with E-state index >= 15 is 0 Å². The highest BCUT2D eigenvalue weighted by atomic mass is 79.9. The Kier molecular flexibility index (Phi) is 4.71. The van der Waals surface area contributed by atoms with Crippen molar-refractivity contribution in [3.8, 4) is 0 Å². The molecule has 0 spiro atoms. The molecule has 0 saturated carbocycles. The van der Waals surface area contributed by atoms with Gasteiger partial charge in [-0.05, 0) is 48.3 Å². The summed E-state index contributed by atoms with van der Waals surface area (Å²) in [7, 11) is 3.89. The van der Waals surface area contributed by atoms with E-state index in [0.717, 1.165) is 23.1 Å². The third-order valence-electron chi connectivity index (χ3n) is 3.31. The highest BCUT2D eigenvalue weighted by Crippen LogP contribution is 2.24. The van der Waals surface area contributed by atoms with Gasteiger partial charge < -0.3 is 5.32 Å². The van der Waals surface area contributed by atoms with Crippen LogP contribution in [0.25, 0.3) is 0 Å². The Labute approximate surface area is 122 Å². The van der Waals surface area contributed by atoms with Crippen LogP contribution in [0.5, 0.6) is 0 Å². The lowest BCUT2D eigenvalue weighted by Crippen LogP contribution is -2.20. The Morgan fingerprint density at radius 1 is 1.42 bits per heavy atom. The Hall–Kier alpha value is -1.20. The van der Waals surface area contributed by atoms with Crippen molar-refractivity contribution in [3.05, 3.63) is 45.7 Å². The van der Waals surface area contributed by atoms with E-state index in [0.29, 0.717) is 0 Å². The van der Waals surface area contributed by atoms with E-state index in [4.69, 9.17) is 0 Å². The van der Waals surface area contributed by atoms with Crippen LogP contribution in [-0.4, -0.2) is 22.0 Å². The van der Waals surface area contributed by atoms with Crippen molar-refractivity contribution in [1.29, 1.82) is 0 Å². The number of nitrogens with zero attached hydrogens (tertiary/aromatic N) is 3. The fourth-order valence-corrected chi connectivity index (χ4v) is 2.91. The van der Waals surface area contributed by atoms with E-state index in [9.17, 15) is 0 Å². The molecule has 0 aliphatic rings. The summed E-state index contributed by atoms with van der Waals surface area (Å²) in [5.74, 6) is 0. The molecule has 0 saturated heterocycles. The molecule has 0 aliphatic carbocycles. The van der Waals surface area contributed by atoms with Gasteiger partial charge in [-0.1, -0.05) is 35.0 Å². The monoisotopic (exact) mass is 322 g/mol.